The molecule has 0 spiro atoms. The van der Waals surface area contributed by atoms with Crippen molar-refractivity contribution in [3.8, 4) is 0 Å². The van der Waals surface area contributed by atoms with Gasteiger partial charge in [-0.25, -0.2) is 4.79 Å². The van der Waals surface area contributed by atoms with E-state index in [4.69, 9.17) is 27.9 Å². The molecule has 2 aromatic carbocycles. The van der Waals surface area contributed by atoms with Crippen LogP contribution in [-0.4, -0.2) is 102 Å². The third-order valence-corrected chi connectivity index (χ3v) is 11.1. The van der Waals surface area contributed by atoms with E-state index < -0.39 is 88.0 Å². The first-order valence-corrected chi connectivity index (χ1v) is 15.4. The second-order valence-corrected chi connectivity index (χ2v) is 13.7. The van der Waals surface area contributed by atoms with Crippen LogP contribution in [0.4, 0.5) is 0 Å². The highest BCUT2D eigenvalue weighted by Crippen LogP contribution is 2.81. The van der Waals surface area contributed by atoms with Crippen LogP contribution in [0.2, 0.25) is 0 Å². The van der Waals surface area contributed by atoms with Gasteiger partial charge in [-0.2, -0.15) is 8.42 Å². The molecule has 14 heteroatoms. The van der Waals surface area contributed by atoms with Crippen LogP contribution in [0.25, 0.3) is 0 Å². The molecule has 4 N–H and O–H groups in total. The molecule has 0 radical (unpaired) electrons. The number of carbonyl (C=O) groups excluding carboxylic acids is 1. The van der Waals surface area contributed by atoms with Crippen molar-refractivity contribution in [2.24, 2.45) is 11.3 Å². The minimum atomic E-state index is -4.23. The largest absolute Gasteiger partial charge is 0.461 e. The Kier molecular flexibility index (Phi) is 6.63. The molecule has 3 saturated carbocycles. The summed E-state index contributed by atoms with van der Waals surface area (Å²) in [5.41, 5.74) is -3.36. The van der Waals surface area contributed by atoms with E-state index in [1.165, 1.54) is 24.3 Å². The lowest BCUT2D eigenvalue weighted by Gasteiger charge is -2.67. The molecule has 232 valence electrons. The molecule has 43 heavy (non-hydrogen) atoms. The standard InChI is InChI=1S/C29H32O13S/c1-26-14-28(34)19-12-29(26,27(19,25(41-26)42-28)15-37-23(33)16-8-4-2-5-9-16)40-24-22(32)21(31)20(30)18(39-24)13-38-43(35,36)17-10-6-3-7-11-17/h2-11,18-22,24-25,30-32,34H,12-15H2,1H3/t18?,19?,20?,21?,22?,24?,25?,26-,27?,28+,29+/m0/s1. The van der Waals surface area contributed by atoms with E-state index in [-0.39, 0.29) is 24.3 Å². The topological polar surface area (TPSA) is 188 Å². The molecule has 0 aromatic heterocycles. The van der Waals surface area contributed by atoms with Crippen molar-refractivity contribution in [2.45, 2.75) is 78.6 Å². The van der Waals surface area contributed by atoms with Gasteiger partial charge in [0.2, 0.25) is 0 Å². The predicted molar refractivity (Wildman–Crippen MR) is 141 cm³/mol. The van der Waals surface area contributed by atoms with Gasteiger partial charge in [-0.1, -0.05) is 36.4 Å². The Labute approximate surface area is 247 Å². The van der Waals surface area contributed by atoms with Gasteiger partial charge < -0.3 is 44.1 Å². The number of benzene rings is 2. The Balaban J connectivity index is 1.14. The molecule has 4 heterocycles. The van der Waals surface area contributed by atoms with Gasteiger partial charge in [-0.15, -0.1) is 0 Å². The maximum absolute atomic E-state index is 12.9. The van der Waals surface area contributed by atoms with Gasteiger partial charge in [0, 0.05) is 12.3 Å². The van der Waals surface area contributed by atoms with Gasteiger partial charge >= 0.3 is 5.97 Å². The number of esters is 1. The van der Waals surface area contributed by atoms with Crippen LogP contribution in [0.1, 0.15) is 30.1 Å². The Hall–Kier alpha value is -2.50. The van der Waals surface area contributed by atoms with Crippen LogP contribution < -0.4 is 0 Å². The van der Waals surface area contributed by atoms with Crippen LogP contribution in [0.15, 0.2) is 65.6 Å². The lowest BCUT2D eigenvalue weighted by Crippen LogP contribution is -2.80. The molecule has 11 atom stereocenters. The van der Waals surface area contributed by atoms with Crippen LogP contribution in [0.3, 0.4) is 0 Å². The molecule has 8 unspecified atom stereocenters. The van der Waals surface area contributed by atoms with Gasteiger partial charge in [0.1, 0.15) is 42.2 Å². The smallest absolute Gasteiger partial charge is 0.338 e. The van der Waals surface area contributed by atoms with Crippen molar-refractivity contribution < 1.29 is 61.5 Å². The molecule has 4 saturated heterocycles. The predicted octanol–water partition coefficient (Wildman–Crippen LogP) is 0.0557. The number of ether oxygens (including phenoxy) is 5. The Morgan fingerprint density at radius 1 is 0.977 bits per heavy atom. The summed E-state index contributed by atoms with van der Waals surface area (Å²) >= 11 is 0. The minimum absolute atomic E-state index is 0.0192. The molecule has 2 aromatic rings. The zero-order chi connectivity index (χ0) is 30.4. The van der Waals surface area contributed by atoms with Crippen LogP contribution >= 0.6 is 0 Å². The summed E-state index contributed by atoms with van der Waals surface area (Å²) in [7, 11) is -4.23. The van der Waals surface area contributed by atoms with Gasteiger partial charge in [-0.05, 0) is 37.6 Å². The van der Waals surface area contributed by atoms with Crippen molar-refractivity contribution in [2.75, 3.05) is 13.2 Å². The molecule has 7 aliphatic rings. The highest BCUT2D eigenvalue weighted by Gasteiger charge is 2.94. The molecular weight excluding hydrogens is 588 g/mol. The number of rotatable bonds is 9. The number of aliphatic hydroxyl groups is 4. The number of hydrogen-bond donors (Lipinski definition) is 4. The fourth-order valence-electron chi connectivity index (χ4n) is 7.67. The highest BCUT2D eigenvalue weighted by molar-refractivity contribution is 7.86. The second kappa shape index (κ2) is 9.75. The minimum Gasteiger partial charge on any atom is -0.461 e. The SMILES string of the molecule is C[C@@]12C[C@@]3(O)OC(O1)C1(COC(=O)c4ccccc4)C3C[C@]12OC1OC(COS(=O)(=O)c2ccccc2)C(O)C(O)C1O. The van der Waals surface area contributed by atoms with Gasteiger partial charge in [-0.3, -0.25) is 4.18 Å². The molecule has 0 amide bonds. The second-order valence-electron chi connectivity index (χ2n) is 12.1. The number of carbonyl (C=O) groups is 1. The Morgan fingerprint density at radius 3 is 2.35 bits per heavy atom. The van der Waals surface area contributed by atoms with E-state index in [9.17, 15) is 33.6 Å². The summed E-state index contributed by atoms with van der Waals surface area (Å²) in [6.07, 6.45) is -9.04. The average molecular weight is 621 g/mol. The maximum atomic E-state index is 12.9. The summed E-state index contributed by atoms with van der Waals surface area (Å²) < 4.78 is 60.7. The van der Waals surface area contributed by atoms with Crippen LogP contribution in [-0.2, 0) is 38.0 Å². The number of aliphatic hydroxyl groups excluding tert-OH is 3. The first-order valence-electron chi connectivity index (χ1n) is 14.0. The molecule has 3 aliphatic carbocycles. The van der Waals surface area contributed by atoms with E-state index in [1.54, 1.807) is 43.3 Å². The van der Waals surface area contributed by atoms with Crippen LogP contribution in [0, 0.1) is 11.3 Å². The summed E-state index contributed by atoms with van der Waals surface area (Å²) in [6, 6.07) is 15.7. The van der Waals surface area contributed by atoms with Crippen molar-refractivity contribution in [1.82, 2.24) is 0 Å². The molecule has 4 aliphatic heterocycles. The first-order chi connectivity index (χ1) is 20.4. The van der Waals surface area contributed by atoms with Crippen molar-refractivity contribution >= 4 is 16.1 Å². The average Bonchev–Trinajstić information content (AvgIpc) is 3.18. The Morgan fingerprint density at radius 2 is 1.65 bits per heavy atom. The van der Waals surface area contributed by atoms with E-state index in [0.717, 1.165) is 0 Å². The lowest BCUT2D eigenvalue weighted by molar-refractivity contribution is -0.424. The third-order valence-electron chi connectivity index (χ3n) is 9.81. The van der Waals surface area contributed by atoms with E-state index in [0.29, 0.717) is 5.56 Å². The van der Waals surface area contributed by atoms with Crippen molar-refractivity contribution in [3.63, 3.8) is 0 Å². The van der Waals surface area contributed by atoms with Crippen molar-refractivity contribution in [3.05, 3.63) is 66.2 Å². The molecule has 6 bridgehead atoms. The fraction of sp³-hybridized carbons (Fsp3) is 0.552. The zero-order valence-electron chi connectivity index (χ0n) is 23.0. The monoisotopic (exact) mass is 620 g/mol. The lowest BCUT2D eigenvalue weighted by atomic mass is 9.41. The highest BCUT2D eigenvalue weighted by atomic mass is 32.2. The molecule has 7 fully saturated rings. The summed E-state index contributed by atoms with van der Waals surface area (Å²) in [4.78, 5) is 12.8. The normalized spacial score (nSPS) is 44.3. The summed E-state index contributed by atoms with van der Waals surface area (Å²) in [5.74, 6) is -2.70. The maximum Gasteiger partial charge on any atom is 0.338 e. The van der Waals surface area contributed by atoms with E-state index in [2.05, 4.69) is 0 Å². The van der Waals surface area contributed by atoms with E-state index in [1.807, 2.05) is 0 Å². The molecule has 13 nitrogen and oxygen atoms in total. The quantitative estimate of drug-likeness (QED) is 0.218. The van der Waals surface area contributed by atoms with Gasteiger partial charge in [0.15, 0.2) is 18.4 Å². The molecular formula is C29H32O13S. The first kappa shape index (κ1) is 29.2. The van der Waals surface area contributed by atoms with E-state index >= 15 is 0 Å². The van der Waals surface area contributed by atoms with Crippen LogP contribution in [0.5, 0.6) is 0 Å². The summed E-state index contributed by atoms with van der Waals surface area (Å²) in [6.45, 7) is 0.789. The Bertz CT molecular complexity index is 1510. The van der Waals surface area contributed by atoms with Gasteiger partial charge in [0.05, 0.1) is 22.5 Å². The summed E-state index contributed by atoms with van der Waals surface area (Å²) in [5, 5.41) is 43.6. The zero-order valence-corrected chi connectivity index (χ0v) is 23.8. The fourth-order valence-corrected chi connectivity index (χ4v) is 8.61. The van der Waals surface area contributed by atoms with Crippen molar-refractivity contribution in [1.29, 1.82) is 0 Å². The molecule has 9 rings (SSSR count). The third kappa shape index (κ3) is 4.02. The van der Waals surface area contributed by atoms with Gasteiger partial charge in [0.25, 0.3) is 10.1 Å². The number of hydrogen-bond acceptors (Lipinski definition) is 13.